The van der Waals surface area contributed by atoms with E-state index in [0.29, 0.717) is 0 Å². The van der Waals surface area contributed by atoms with E-state index in [0.717, 1.165) is 0 Å². The number of nitrogens with two attached hydrogens (primary N) is 1. The molecule has 1 heterocycles. The molecule has 1 aromatic heterocycles. The van der Waals surface area contributed by atoms with Gasteiger partial charge in [-0.3, -0.25) is 4.79 Å². The molecule has 0 bridgehead atoms. The Balaban J connectivity index is 2.33. The first-order valence-corrected chi connectivity index (χ1v) is 7.84. The van der Waals surface area contributed by atoms with Crippen LogP contribution in [-0.2, 0) is 10.0 Å². The maximum absolute atomic E-state index is 12.0. The van der Waals surface area contributed by atoms with Crippen LogP contribution in [0.1, 0.15) is 10.5 Å². The van der Waals surface area contributed by atoms with Crippen molar-refractivity contribution < 1.29 is 13.2 Å². The molecule has 0 unspecified atom stereocenters. The third kappa shape index (κ3) is 3.92. The summed E-state index contributed by atoms with van der Waals surface area (Å²) < 4.78 is 22.6. The number of halogens is 2. The fraction of sp³-hybridized carbons (Fsp3) is 0. The molecule has 21 heavy (non-hydrogen) atoms. The third-order valence-electron chi connectivity index (χ3n) is 2.46. The summed E-state index contributed by atoms with van der Waals surface area (Å²) in [6.07, 6.45) is 0. The number of pyridine rings is 1. The lowest BCUT2D eigenvalue weighted by Gasteiger charge is -2.08. The molecule has 0 fully saturated rings. The number of hydrogen-bond donors (Lipinski definition) is 2. The molecule has 110 valence electrons. The Hall–Kier alpha value is -1.67. The minimum Gasteiger partial charge on any atom is -0.319 e. The number of hydrogen-bond acceptors (Lipinski definition) is 4. The van der Waals surface area contributed by atoms with Crippen LogP contribution in [0.4, 0.5) is 5.69 Å². The predicted molar refractivity (Wildman–Crippen MR) is 80.0 cm³/mol. The number of primary sulfonamides is 1. The Morgan fingerprint density at radius 3 is 2.52 bits per heavy atom. The highest BCUT2D eigenvalue weighted by molar-refractivity contribution is 7.89. The van der Waals surface area contributed by atoms with Gasteiger partial charge in [0.05, 0.1) is 15.6 Å². The number of carbonyl (C=O) groups is 1. The van der Waals surface area contributed by atoms with E-state index in [1.807, 2.05) is 0 Å². The summed E-state index contributed by atoms with van der Waals surface area (Å²) in [6.45, 7) is 0. The lowest BCUT2D eigenvalue weighted by atomic mass is 10.3. The molecule has 3 N–H and O–H groups in total. The molecular formula is C12H9Cl2N3O3S. The molecular weight excluding hydrogens is 337 g/mol. The molecule has 2 rings (SSSR count). The summed E-state index contributed by atoms with van der Waals surface area (Å²) in [7, 11) is -3.90. The number of rotatable bonds is 3. The standard InChI is InChI=1S/C12H9Cl2N3O3S/c13-8-5-4-7(21(15,19)20)6-10(8)17-12(18)9-2-1-3-11(14)16-9/h1-6H,(H,17,18)(H2,15,19,20). The monoisotopic (exact) mass is 345 g/mol. The largest absolute Gasteiger partial charge is 0.319 e. The Bertz CT molecular complexity index is 809. The zero-order chi connectivity index (χ0) is 15.6. The fourth-order valence-corrected chi connectivity index (χ4v) is 2.37. The van der Waals surface area contributed by atoms with Crippen LogP contribution in [0.3, 0.4) is 0 Å². The first kappa shape index (κ1) is 15.7. The lowest BCUT2D eigenvalue weighted by Crippen LogP contribution is -2.16. The van der Waals surface area contributed by atoms with Crippen molar-refractivity contribution in [2.45, 2.75) is 4.90 Å². The summed E-state index contributed by atoms with van der Waals surface area (Å²) in [4.78, 5) is 15.7. The normalized spacial score (nSPS) is 11.2. The van der Waals surface area contributed by atoms with Crippen molar-refractivity contribution >= 4 is 44.8 Å². The molecule has 1 aromatic carbocycles. The van der Waals surface area contributed by atoms with Crippen LogP contribution >= 0.6 is 23.2 Å². The van der Waals surface area contributed by atoms with Gasteiger partial charge in [0.25, 0.3) is 5.91 Å². The number of aromatic nitrogens is 1. The van der Waals surface area contributed by atoms with Crippen LogP contribution in [0.5, 0.6) is 0 Å². The Morgan fingerprint density at radius 1 is 1.19 bits per heavy atom. The second-order valence-electron chi connectivity index (χ2n) is 3.99. The molecule has 0 saturated carbocycles. The van der Waals surface area contributed by atoms with E-state index in [-0.39, 0.29) is 26.5 Å². The number of amides is 1. The number of anilines is 1. The van der Waals surface area contributed by atoms with Gasteiger partial charge in [-0.25, -0.2) is 18.5 Å². The molecule has 9 heteroatoms. The molecule has 0 spiro atoms. The van der Waals surface area contributed by atoms with Gasteiger partial charge in [0, 0.05) is 0 Å². The van der Waals surface area contributed by atoms with Crippen molar-refractivity contribution in [1.82, 2.24) is 4.98 Å². The number of nitrogens with one attached hydrogen (secondary N) is 1. The fourth-order valence-electron chi connectivity index (χ4n) is 1.50. The van der Waals surface area contributed by atoms with Crippen LogP contribution in [0.15, 0.2) is 41.3 Å². The highest BCUT2D eigenvalue weighted by Gasteiger charge is 2.14. The van der Waals surface area contributed by atoms with E-state index in [4.69, 9.17) is 28.3 Å². The Morgan fingerprint density at radius 2 is 1.90 bits per heavy atom. The van der Waals surface area contributed by atoms with Crippen LogP contribution < -0.4 is 10.5 Å². The van der Waals surface area contributed by atoms with E-state index in [9.17, 15) is 13.2 Å². The number of benzene rings is 1. The van der Waals surface area contributed by atoms with E-state index in [1.165, 1.54) is 30.3 Å². The van der Waals surface area contributed by atoms with Crippen molar-refractivity contribution in [1.29, 1.82) is 0 Å². The van der Waals surface area contributed by atoms with Gasteiger partial charge in [-0.05, 0) is 30.3 Å². The maximum Gasteiger partial charge on any atom is 0.274 e. The topological polar surface area (TPSA) is 102 Å². The average Bonchev–Trinajstić information content (AvgIpc) is 2.40. The average molecular weight is 346 g/mol. The summed E-state index contributed by atoms with van der Waals surface area (Å²) >= 11 is 11.6. The van der Waals surface area contributed by atoms with Crippen molar-refractivity contribution in [3.05, 3.63) is 52.3 Å². The van der Waals surface area contributed by atoms with Crippen molar-refractivity contribution in [3.8, 4) is 0 Å². The van der Waals surface area contributed by atoms with Crippen LogP contribution in [0.25, 0.3) is 0 Å². The minimum atomic E-state index is -3.90. The van der Waals surface area contributed by atoms with Gasteiger partial charge in [-0.2, -0.15) is 0 Å². The van der Waals surface area contributed by atoms with Gasteiger partial charge in [-0.1, -0.05) is 29.3 Å². The van der Waals surface area contributed by atoms with Crippen LogP contribution in [0.2, 0.25) is 10.2 Å². The molecule has 1 amide bonds. The van der Waals surface area contributed by atoms with Crippen molar-refractivity contribution in [3.63, 3.8) is 0 Å². The van der Waals surface area contributed by atoms with Crippen molar-refractivity contribution in [2.75, 3.05) is 5.32 Å². The van der Waals surface area contributed by atoms with Gasteiger partial charge in [-0.15, -0.1) is 0 Å². The minimum absolute atomic E-state index is 0.0691. The van der Waals surface area contributed by atoms with E-state index in [1.54, 1.807) is 6.07 Å². The first-order valence-electron chi connectivity index (χ1n) is 5.53. The number of carbonyl (C=O) groups excluding carboxylic acids is 1. The zero-order valence-electron chi connectivity index (χ0n) is 10.4. The Kier molecular flexibility index (Phi) is 4.48. The molecule has 0 saturated heterocycles. The second kappa shape index (κ2) is 5.98. The molecule has 0 radical (unpaired) electrons. The number of nitrogens with zero attached hydrogens (tertiary/aromatic N) is 1. The summed E-state index contributed by atoms with van der Waals surface area (Å²) in [5.41, 5.74) is 0.176. The van der Waals surface area contributed by atoms with Gasteiger partial charge >= 0.3 is 0 Å². The smallest absolute Gasteiger partial charge is 0.274 e. The number of sulfonamides is 1. The van der Waals surface area contributed by atoms with E-state index >= 15 is 0 Å². The molecule has 2 aromatic rings. The second-order valence-corrected chi connectivity index (χ2v) is 6.34. The molecule has 0 aliphatic rings. The van der Waals surface area contributed by atoms with Gasteiger partial charge < -0.3 is 5.32 Å². The Labute approximate surface area is 130 Å². The molecule has 6 nitrogen and oxygen atoms in total. The van der Waals surface area contributed by atoms with Gasteiger partial charge in [0.2, 0.25) is 10.0 Å². The first-order chi connectivity index (χ1) is 9.77. The van der Waals surface area contributed by atoms with Gasteiger partial charge in [0.1, 0.15) is 10.8 Å². The third-order valence-corrected chi connectivity index (χ3v) is 3.91. The SMILES string of the molecule is NS(=O)(=O)c1ccc(Cl)c(NC(=O)c2cccc(Cl)n2)c1. The molecule has 0 atom stereocenters. The summed E-state index contributed by atoms with van der Waals surface area (Å²) in [5, 5.41) is 7.80. The van der Waals surface area contributed by atoms with E-state index in [2.05, 4.69) is 10.3 Å². The molecule has 0 aliphatic heterocycles. The quantitative estimate of drug-likeness (QED) is 0.833. The summed E-state index contributed by atoms with van der Waals surface area (Å²) in [6, 6.07) is 8.27. The lowest BCUT2D eigenvalue weighted by molar-refractivity contribution is 0.102. The van der Waals surface area contributed by atoms with E-state index < -0.39 is 15.9 Å². The summed E-state index contributed by atoms with van der Waals surface area (Å²) in [5.74, 6) is -0.578. The molecule has 0 aliphatic carbocycles. The highest BCUT2D eigenvalue weighted by atomic mass is 35.5. The predicted octanol–water partition coefficient (Wildman–Crippen LogP) is 2.29. The maximum atomic E-state index is 12.0. The van der Waals surface area contributed by atoms with Gasteiger partial charge in [0.15, 0.2) is 0 Å². The van der Waals surface area contributed by atoms with Crippen molar-refractivity contribution in [2.24, 2.45) is 5.14 Å². The highest BCUT2D eigenvalue weighted by Crippen LogP contribution is 2.25. The zero-order valence-corrected chi connectivity index (χ0v) is 12.7. The van der Waals surface area contributed by atoms with Crippen LogP contribution in [0, 0.1) is 0 Å². The van der Waals surface area contributed by atoms with Crippen LogP contribution in [-0.4, -0.2) is 19.3 Å².